The maximum Gasteiger partial charge on any atom is 0.222 e. The van der Waals surface area contributed by atoms with Crippen LogP contribution in [0.4, 0.5) is 0 Å². The van der Waals surface area contributed by atoms with Gasteiger partial charge in [-0.3, -0.25) is 4.79 Å². The molecule has 0 aliphatic carbocycles. The molecule has 2 rings (SSSR count). The SMILES string of the molecule is CCCC(=O)N1CCC(Oc2ccc(C#N)cn2)CC1. The van der Waals surface area contributed by atoms with Crippen molar-refractivity contribution in [3.8, 4) is 11.9 Å². The number of amides is 1. The molecule has 0 radical (unpaired) electrons. The first-order chi connectivity index (χ1) is 9.72. The van der Waals surface area contributed by atoms with Crippen molar-refractivity contribution in [1.29, 1.82) is 5.26 Å². The van der Waals surface area contributed by atoms with Gasteiger partial charge in [0.1, 0.15) is 12.2 Å². The lowest BCUT2D eigenvalue weighted by molar-refractivity contribution is -0.133. The molecule has 5 nitrogen and oxygen atoms in total. The molecule has 1 aliphatic heterocycles. The van der Waals surface area contributed by atoms with Crippen molar-refractivity contribution < 1.29 is 9.53 Å². The predicted octanol–water partition coefficient (Wildman–Crippen LogP) is 2.12. The number of carbonyl (C=O) groups excluding carboxylic acids is 1. The molecule has 1 aromatic rings. The van der Waals surface area contributed by atoms with Gasteiger partial charge >= 0.3 is 0 Å². The molecule has 0 aromatic carbocycles. The van der Waals surface area contributed by atoms with E-state index in [1.165, 1.54) is 6.20 Å². The van der Waals surface area contributed by atoms with E-state index in [1.54, 1.807) is 12.1 Å². The number of hydrogen-bond donors (Lipinski definition) is 0. The average Bonchev–Trinajstić information content (AvgIpc) is 2.49. The molecule has 2 heterocycles. The summed E-state index contributed by atoms with van der Waals surface area (Å²) in [6, 6.07) is 5.44. The molecule has 0 N–H and O–H groups in total. The molecule has 0 spiro atoms. The highest BCUT2D eigenvalue weighted by Gasteiger charge is 2.23. The number of nitrogens with zero attached hydrogens (tertiary/aromatic N) is 3. The van der Waals surface area contributed by atoms with Crippen LogP contribution in [-0.2, 0) is 4.79 Å². The molecule has 0 saturated carbocycles. The van der Waals surface area contributed by atoms with E-state index in [9.17, 15) is 4.79 Å². The summed E-state index contributed by atoms with van der Waals surface area (Å²) >= 11 is 0. The zero-order chi connectivity index (χ0) is 14.4. The second-order valence-electron chi connectivity index (χ2n) is 4.94. The molecular weight excluding hydrogens is 254 g/mol. The summed E-state index contributed by atoms with van der Waals surface area (Å²) in [7, 11) is 0. The van der Waals surface area contributed by atoms with Crippen molar-refractivity contribution in [1.82, 2.24) is 9.88 Å². The van der Waals surface area contributed by atoms with Crippen LogP contribution in [0.15, 0.2) is 18.3 Å². The lowest BCUT2D eigenvalue weighted by Crippen LogP contribution is -2.41. The fourth-order valence-corrected chi connectivity index (χ4v) is 2.28. The van der Waals surface area contributed by atoms with Crippen LogP contribution < -0.4 is 4.74 Å². The van der Waals surface area contributed by atoms with E-state index in [-0.39, 0.29) is 12.0 Å². The summed E-state index contributed by atoms with van der Waals surface area (Å²) in [6.45, 7) is 3.52. The van der Waals surface area contributed by atoms with Gasteiger partial charge in [-0.25, -0.2) is 4.98 Å². The van der Waals surface area contributed by atoms with Crippen LogP contribution in [0.1, 0.15) is 38.2 Å². The Morgan fingerprint density at radius 2 is 2.25 bits per heavy atom. The number of piperidine rings is 1. The van der Waals surface area contributed by atoms with Crippen LogP contribution in [0, 0.1) is 11.3 Å². The zero-order valence-corrected chi connectivity index (χ0v) is 11.7. The molecule has 5 heteroatoms. The number of nitriles is 1. The average molecular weight is 273 g/mol. The molecule has 1 saturated heterocycles. The number of likely N-dealkylation sites (tertiary alicyclic amines) is 1. The van der Waals surface area contributed by atoms with Crippen molar-refractivity contribution in [2.45, 2.75) is 38.7 Å². The first-order valence-corrected chi connectivity index (χ1v) is 7.03. The third kappa shape index (κ3) is 3.70. The van der Waals surface area contributed by atoms with Crippen LogP contribution in [0.3, 0.4) is 0 Å². The molecule has 0 unspecified atom stereocenters. The molecule has 1 amide bonds. The lowest BCUT2D eigenvalue weighted by Gasteiger charge is -2.32. The van der Waals surface area contributed by atoms with Gasteiger partial charge in [0.15, 0.2) is 0 Å². The van der Waals surface area contributed by atoms with Gasteiger partial charge in [0, 0.05) is 44.6 Å². The van der Waals surface area contributed by atoms with E-state index >= 15 is 0 Å². The van der Waals surface area contributed by atoms with Crippen LogP contribution in [0.25, 0.3) is 0 Å². The van der Waals surface area contributed by atoms with Gasteiger partial charge in [0.2, 0.25) is 11.8 Å². The van der Waals surface area contributed by atoms with Crippen molar-refractivity contribution in [2.75, 3.05) is 13.1 Å². The van der Waals surface area contributed by atoms with Crippen molar-refractivity contribution in [2.24, 2.45) is 0 Å². The highest BCUT2D eigenvalue weighted by Crippen LogP contribution is 2.18. The highest BCUT2D eigenvalue weighted by molar-refractivity contribution is 5.76. The van der Waals surface area contributed by atoms with Crippen molar-refractivity contribution >= 4 is 5.91 Å². The van der Waals surface area contributed by atoms with Gasteiger partial charge in [0.05, 0.1) is 5.56 Å². The zero-order valence-electron chi connectivity index (χ0n) is 11.7. The maximum atomic E-state index is 11.8. The van der Waals surface area contributed by atoms with E-state index in [2.05, 4.69) is 4.98 Å². The standard InChI is InChI=1S/C15H19N3O2/c1-2-3-15(19)18-8-6-13(7-9-18)20-14-5-4-12(10-16)11-17-14/h4-5,11,13H,2-3,6-9H2,1H3. The topological polar surface area (TPSA) is 66.2 Å². The second kappa shape index (κ2) is 6.90. The number of carbonyl (C=O) groups is 1. The van der Waals surface area contributed by atoms with Crippen LogP contribution >= 0.6 is 0 Å². The molecule has 20 heavy (non-hydrogen) atoms. The van der Waals surface area contributed by atoms with Crippen LogP contribution in [0.2, 0.25) is 0 Å². The summed E-state index contributed by atoms with van der Waals surface area (Å²) in [5.41, 5.74) is 0.525. The molecule has 106 valence electrons. The monoisotopic (exact) mass is 273 g/mol. The lowest BCUT2D eigenvalue weighted by atomic mass is 10.1. The molecule has 1 aliphatic rings. The minimum absolute atomic E-state index is 0.0983. The third-order valence-corrected chi connectivity index (χ3v) is 3.41. The highest BCUT2D eigenvalue weighted by atomic mass is 16.5. The van der Waals surface area contributed by atoms with E-state index in [1.807, 2.05) is 17.9 Å². The van der Waals surface area contributed by atoms with E-state index in [4.69, 9.17) is 10.00 Å². The number of pyridine rings is 1. The van der Waals surface area contributed by atoms with Gasteiger partial charge in [-0.1, -0.05) is 6.92 Å². The first-order valence-electron chi connectivity index (χ1n) is 7.03. The van der Waals surface area contributed by atoms with Gasteiger partial charge in [-0.2, -0.15) is 5.26 Å². The Hall–Kier alpha value is -2.09. The Bertz CT molecular complexity index is 485. The summed E-state index contributed by atoms with van der Waals surface area (Å²) in [5.74, 6) is 0.782. The van der Waals surface area contributed by atoms with E-state index in [0.717, 1.165) is 32.4 Å². The predicted molar refractivity (Wildman–Crippen MR) is 74.1 cm³/mol. The quantitative estimate of drug-likeness (QED) is 0.842. The number of aromatic nitrogens is 1. The van der Waals surface area contributed by atoms with Gasteiger partial charge in [-0.05, 0) is 12.5 Å². The fourth-order valence-electron chi connectivity index (χ4n) is 2.28. The molecular formula is C15H19N3O2. The van der Waals surface area contributed by atoms with Gasteiger partial charge < -0.3 is 9.64 Å². The molecule has 0 atom stereocenters. The summed E-state index contributed by atoms with van der Waals surface area (Å²) < 4.78 is 5.78. The molecule has 1 aromatic heterocycles. The second-order valence-corrected chi connectivity index (χ2v) is 4.94. The maximum absolute atomic E-state index is 11.8. The third-order valence-electron chi connectivity index (χ3n) is 3.41. The van der Waals surface area contributed by atoms with Gasteiger partial charge in [-0.15, -0.1) is 0 Å². The Balaban J connectivity index is 1.82. The van der Waals surface area contributed by atoms with E-state index < -0.39 is 0 Å². The largest absolute Gasteiger partial charge is 0.474 e. The van der Waals surface area contributed by atoms with Crippen molar-refractivity contribution in [3.63, 3.8) is 0 Å². The summed E-state index contributed by atoms with van der Waals surface area (Å²) in [6.07, 6.45) is 4.79. The van der Waals surface area contributed by atoms with Crippen LogP contribution in [-0.4, -0.2) is 35.0 Å². The Morgan fingerprint density at radius 3 is 2.80 bits per heavy atom. The normalized spacial score (nSPS) is 15.7. The first kappa shape index (κ1) is 14.3. The number of rotatable bonds is 4. The number of hydrogen-bond acceptors (Lipinski definition) is 4. The summed E-state index contributed by atoms with van der Waals surface area (Å²) in [4.78, 5) is 17.8. The van der Waals surface area contributed by atoms with Crippen LogP contribution in [0.5, 0.6) is 5.88 Å². The Labute approximate surface area is 119 Å². The smallest absolute Gasteiger partial charge is 0.222 e. The summed E-state index contributed by atoms with van der Waals surface area (Å²) in [5, 5.41) is 8.71. The fraction of sp³-hybridized carbons (Fsp3) is 0.533. The minimum Gasteiger partial charge on any atom is -0.474 e. The van der Waals surface area contributed by atoms with E-state index in [0.29, 0.717) is 17.9 Å². The Kier molecular flexibility index (Phi) is 4.94. The molecule has 0 bridgehead atoms. The Morgan fingerprint density at radius 1 is 1.50 bits per heavy atom. The minimum atomic E-state index is 0.0983. The molecule has 1 fully saturated rings. The number of ether oxygens (including phenoxy) is 1. The van der Waals surface area contributed by atoms with Crippen molar-refractivity contribution in [3.05, 3.63) is 23.9 Å². The van der Waals surface area contributed by atoms with Gasteiger partial charge in [0.25, 0.3) is 0 Å².